The van der Waals surface area contributed by atoms with Gasteiger partial charge in [0, 0.05) is 36.6 Å². The molecule has 1 fully saturated rings. The van der Waals surface area contributed by atoms with E-state index in [1.165, 1.54) is 0 Å². The lowest BCUT2D eigenvalue weighted by Gasteiger charge is -2.20. The van der Waals surface area contributed by atoms with Crippen molar-refractivity contribution < 1.29 is 9.59 Å². The lowest BCUT2D eigenvalue weighted by atomic mass is 10.1. The molecule has 102 valence electrons. The van der Waals surface area contributed by atoms with E-state index < -0.39 is 0 Å². The van der Waals surface area contributed by atoms with Crippen molar-refractivity contribution in [2.24, 2.45) is 5.92 Å². The maximum absolute atomic E-state index is 12.1. The molecule has 1 N–H and O–H groups in total. The van der Waals surface area contributed by atoms with Crippen molar-refractivity contribution in [3.05, 3.63) is 33.8 Å². The van der Waals surface area contributed by atoms with Gasteiger partial charge in [0.05, 0.1) is 5.92 Å². The summed E-state index contributed by atoms with van der Waals surface area (Å²) in [6.45, 7) is 0.815. The number of benzene rings is 1. The highest BCUT2D eigenvalue weighted by Crippen LogP contribution is 2.23. The Kier molecular flexibility index (Phi) is 4.32. The standard InChI is InChI=1S/C13H14Cl2N2O2/c1-17(13(19)9-4-12(18)16-6-9)7-8-2-3-10(14)5-11(8)15/h2-3,5,9H,4,6-7H2,1H3,(H,16,18). The molecule has 4 nitrogen and oxygen atoms in total. The van der Waals surface area contributed by atoms with Crippen molar-refractivity contribution in [2.45, 2.75) is 13.0 Å². The maximum atomic E-state index is 12.1. The van der Waals surface area contributed by atoms with Gasteiger partial charge in [-0.2, -0.15) is 0 Å². The van der Waals surface area contributed by atoms with Crippen LogP contribution in [-0.2, 0) is 16.1 Å². The quantitative estimate of drug-likeness (QED) is 0.929. The zero-order chi connectivity index (χ0) is 14.0. The third-order valence-electron chi connectivity index (χ3n) is 3.13. The highest BCUT2D eigenvalue weighted by atomic mass is 35.5. The van der Waals surface area contributed by atoms with Crippen LogP contribution in [0.15, 0.2) is 18.2 Å². The van der Waals surface area contributed by atoms with Crippen LogP contribution >= 0.6 is 23.2 Å². The average molecular weight is 301 g/mol. The predicted octanol–water partition coefficient (Wildman–Crippen LogP) is 2.09. The minimum Gasteiger partial charge on any atom is -0.355 e. The van der Waals surface area contributed by atoms with Gasteiger partial charge in [-0.15, -0.1) is 0 Å². The summed E-state index contributed by atoms with van der Waals surface area (Å²) in [5.41, 5.74) is 0.833. The summed E-state index contributed by atoms with van der Waals surface area (Å²) in [5, 5.41) is 3.76. The van der Waals surface area contributed by atoms with Crippen LogP contribution in [0.25, 0.3) is 0 Å². The Morgan fingerprint density at radius 2 is 2.21 bits per heavy atom. The fourth-order valence-corrected chi connectivity index (χ4v) is 2.54. The van der Waals surface area contributed by atoms with Crippen LogP contribution in [0.4, 0.5) is 0 Å². The monoisotopic (exact) mass is 300 g/mol. The molecule has 1 unspecified atom stereocenters. The minimum atomic E-state index is -0.274. The van der Waals surface area contributed by atoms with Crippen molar-refractivity contribution >= 4 is 35.0 Å². The molecule has 2 amide bonds. The van der Waals surface area contributed by atoms with Crippen molar-refractivity contribution in [3.63, 3.8) is 0 Å². The van der Waals surface area contributed by atoms with E-state index in [2.05, 4.69) is 5.32 Å². The number of carbonyl (C=O) groups is 2. The number of rotatable bonds is 3. The van der Waals surface area contributed by atoms with Crippen LogP contribution in [-0.4, -0.2) is 30.3 Å². The summed E-state index contributed by atoms with van der Waals surface area (Å²) < 4.78 is 0. The van der Waals surface area contributed by atoms with Gasteiger partial charge in [-0.05, 0) is 17.7 Å². The molecule has 2 rings (SSSR count). The Bertz CT molecular complexity index is 519. The number of nitrogens with one attached hydrogen (secondary N) is 1. The summed E-state index contributed by atoms with van der Waals surface area (Å²) >= 11 is 11.9. The van der Waals surface area contributed by atoms with E-state index >= 15 is 0 Å². The highest BCUT2D eigenvalue weighted by molar-refractivity contribution is 6.35. The van der Waals surface area contributed by atoms with Crippen molar-refractivity contribution in [1.82, 2.24) is 10.2 Å². The van der Waals surface area contributed by atoms with Gasteiger partial charge >= 0.3 is 0 Å². The zero-order valence-electron chi connectivity index (χ0n) is 10.5. The Balaban J connectivity index is 2.02. The molecule has 1 heterocycles. The van der Waals surface area contributed by atoms with E-state index in [0.717, 1.165) is 5.56 Å². The smallest absolute Gasteiger partial charge is 0.228 e. The first kappa shape index (κ1) is 14.2. The Hall–Kier alpha value is -1.26. The van der Waals surface area contributed by atoms with Crippen molar-refractivity contribution in [1.29, 1.82) is 0 Å². The molecule has 0 aliphatic carbocycles. The molecule has 0 saturated carbocycles. The van der Waals surface area contributed by atoms with Crippen LogP contribution in [0.2, 0.25) is 10.0 Å². The molecule has 1 aromatic rings. The number of nitrogens with zero attached hydrogens (tertiary/aromatic N) is 1. The van der Waals surface area contributed by atoms with Gasteiger partial charge < -0.3 is 10.2 Å². The van der Waals surface area contributed by atoms with E-state index in [-0.39, 0.29) is 24.2 Å². The summed E-state index contributed by atoms with van der Waals surface area (Å²) in [6, 6.07) is 5.19. The number of carbonyl (C=O) groups excluding carboxylic acids is 2. The lowest BCUT2D eigenvalue weighted by Crippen LogP contribution is -2.33. The average Bonchev–Trinajstić information content (AvgIpc) is 2.78. The summed E-state index contributed by atoms with van der Waals surface area (Å²) in [6.07, 6.45) is 0.261. The molecule has 0 bridgehead atoms. The van der Waals surface area contributed by atoms with E-state index in [4.69, 9.17) is 23.2 Å². The summed E-state index contributed by atoms with van der Waals surface area (Å²) in [7, 11) is 1.70. The van der Waals surface area contributed by atoms with E-state index in [9.17, 15) is 9.59 Å². The Labute approximate surface area is 121 Å². The van der Waals surface area contributed by atoms with E-state index in [0.29, 0.717) is 23.1 Å². The highest BCUT2D eigenvalue weighted by Gasteiger charge is 2.30. The SMILES string of the molecule is CN(Cc1ccc(Cl)cc1Cl)C(=O)C1CNC(=O)C1. The topological polar surface area (TPSA) is 49.4 Å². The Morgan fingerprint density at radius 3 is 2.79 bits per heavy atom. The van der Waals surface area contributed by atoms with Gasteiger partial charge in [-0.3, -0.25) is 9.59 Å². The minimum absolute atomic E-state index is 0.0515. The molecular weight excluding hydrogens is 287 g/mol. The Morgan fingerprint density at radius 1 is 1.47 bits per heavy atom. The fraction of sp³-hybridized carbons (Fsp3) is 0.385. The molecule has 19 heavy (non-hydrogen) atoms. The number of amides is 2. The van der Waals surface area contributed by atoms with Crippen molar-refractivity contribution in [3.8, 4) is 0 Å². The first-order chi connectivity index (χ1) is 8.97. The van der Waals surface area contributed by atoms with Crippen LogP contribution in [0.3, 0.4) is 0 Å². The van der Waals surface area contributed by atoms with Gasteiger partial charge in [0.2, 0.25) is 11.8 Å². The normalized spacial score (nSPS) is 18.3. The van der Waals surface area contributed by atoms with Gasteiger partial charge in [-0.25, -0.2) is 0 Å². The van der Waals surface area contributed by atoms with Crippen LogP contribution in [0.5, 0.6) is 0 Å². The maximum Gasteiger partial charge on any atom is 0.228 e. The van der Waals surface area contributed by atoms with Gasteiger partial charge in [0.25, 0.3) is 0 Å². The molecule has 1 aromatic carbocycles. The fourth-order valence-electron chi connectivity index (χ4n) is 2.07. The van der Waals surface area contributed by atoms with Crippen LogP contribution < -0.4 is 5.32 Å². The largest absolute Gasteiger partial charge is 0.355 e. The summed E-state index contributed by atoms with van der Waals surface area (Å²) in [5.74, 6) is -0.399. The number of hydrogen-bond donors (Lipinski definition) is 1. The molecule has 1 aliphatic heterocycles. The van der Waals surface area contributed by atoms with Crippen molar-refractivity contribution in [2.75, 3.05) is 13.6 Å². The first-order valence-corrected chi connectivity index (χ1v) is 6.68. The number of hydrogen-bond acceptors (Lipinski definition) is 2. The molecule has 6 heteroatoms. The predicted molar refractivity (Wildman–Crippen MR) is 74.1 cm³/mol. The molecule has 1 atom stereocenters. The molecule has 1 aliphatic rings. The first-order valence-electron chi connectivity index (χ1n) is 5.93. The molecule has 1 saturated heterocycles. The zero-order valence-corrected chi connectivity index (χ0v) is 12.0. The van der Waals surface area contributed by atoms with Gasteiger partial charge in [0.15, 0.2) is 0 Å². The molecule has 0 radical (unpaired) electrons. The second kappa shape index (κ2) is 5.80. The lowest BCUT2D eigenvalue weighted by molar-refractivity contribution is -0.135. The third kappa shape index (κ3) is 3.39. The second-order valence-corrected chi connectivity index (χ2v) is 5.48. The second-order valence-electron chi connectivity index (χ2n) is 4.64. The van der Waals surface area contributed by atoms with Gasteiger partial charge in [0.1, 0.15) is 0 Å². The van der Waals surface area contributed by atoms with Crippen LogP contribution in [0.1, 0.15) is 12.0 Å². The van der Waals surface area contributed by atoms with Crippen LogP contribution in [0, 0.1) is 5.92 Å². The van der Waals surface area contributed by atoms with E-state index in [1.54, 1.807) is 30.1 Å². The number of halogens is 2. The third-order valence-corrected chi connectivity index (χ3v) is 3.71. The molecule has 0 spiro atoms. The molecular formula is C13H14Cl2N2O2. The summed E-state index contributed by atoms with van der Waals surface area (Å²) in [4.78, 5) is 24.8. The molecule has 0 aromatic heterocycles. The van der Waals surface area contributed by atoms with E-state index in [1.807, 2.05) is 0 Å². The van der Waals surface area contributed by atoms with Gasteiger partial charge in [-0.1, -0.05) is 29.3 Å².